The molecule has 3 N–H and O–H groups in total. The molecule has 0 spiro atoms. The van der Waals surface area contributed by atoms with Gasteiger partial charge in [0.2, 0.25) is 0 Å². The zero-order chi connectivity index (χ0) is 20.4. The Bertz CT molecular complexity index is 622. The van der Waals surface area contributed by atoms with Crippen molar-refractivity contribution >= 4 is 29.9 Å². The number of aliphatic hydroxyl groups is 1. The fourth-order valence-electron chi connectivity index (χ4n) is 3.07. The molecule has 0 bridgehead atoms. The van der Waals surface area contributed by atoms with Crippen molar-refractivity contribution in [1.82, 2.24) is 15.5 Å². The first-order valence-corrected chi connectivity index (χ1v) is 10.2. The number of aryl methyl sites for hydroxylation is 1. The summed E-state index contributed by atoms with van der Waals surface area (Å²) in [4.78, 5) is 6.80. The number of nitrogens with one attached hydrogen (secondary N) is 2. The summed E-state index contributed by atoms with van der Waals surface area (Å²) in [7, 11) is 0. The monoisotopic (exact) mass is 520 g/mol. The van der Waals surface area contributed by atoms with E-state index in [9.17, 15) is 5.11 Å². The van der Waals surface area contributed by atoms with Crippen LogP contribution < -0.4 is 15.4 Å². The average molecular weight is 520 g/mol. The Hall–Kier alpha value is -1.10. The number of β-amino-alcohol motifs (C(OH)–C–C–N with tert-alkyl or cyclic N) is 1. The van der Waals surface area contributed by atoms with Gasteiger partial charge in [-0.3, -0.25) is 9.89 Å². The molecule has 2 rings (SSSR count). The van der Waals surface area contributed by atoms with E-state index in [2.05, 4.69) is 20.5 Å². The van der Waals surface area contributed by atoms with Crippen molar-refractivity contribution in [2.45, 2.75) is 39.4 Å². The number of hydrogen-bond donors (Lipinski definition) is 3. The van der Waals surface area contributed by atoms with E-state index in [1.165, 1.54) is 0 Å². The lowest BCUT2D eigenvalue weighted by Gasteiger charge is -2.33. The van der Waals surface area contributed by atoms with Crippen molar-refractivity contribution in [2.75, 3.05) is 52.5 Å². The highest BCUT2D eigenvalue weighted by atomic mass is 127. The Morgan fingerprint density at radius 2 is 2.00 bits per heavy atom. The molecule has 1 aliphatic rings. The molecule has 1 aliphatic heterocycles. The number of nitrogens with zero attached hydrogens (tertiary/aromatic N) is 2. The van der Waals surface area contributed by atoms with Crippen LogP contribution >= 0.6 is 24.0 Å². The standard InChI is InChI=1S/C21H36N4O3.HI/c1-5-22-20(23-14-18(3)28-19-9-7-6-8-17(19)2)24-15-21(4,26)16-25-10-12-27-13-11-25;/h6-9,18,26H,5,10-16H2,1-4H3,(H2,22,23,24);1H. The van der Waals surface area contributed by atoms with E-state index in [4.69, 9.17) is 9.47 Å². The molecule has 0 saturated carbocycles. The first-order chi connectivity index (χ1) is 13.4. The van der Waals surface area contributed by atoms with Crippen molar-refractivity contribution in [3.63, 3.8) is 0 Å². The lowest BCUT2D eigenvalue weighted by Crippen LogP contribution is -2.48. The van der Waals surface area contributed by atoms with Gasteiger partial charge in [0.05, 0.1) is 31.9 Å². The summed E-state index contributed by atoms with van der Waals surface area (Å²) in [6.07, 6.45) is -0.0150. The summed E-state index contributed by atoms with van der Waals surface area (Å²) in [5, 5.41) is 17.3. The number of aliphatic imine (C=N–C) groups is 1. The molecule has 2 unspecified atom stereocenters. The van der Waals surface area contributed by atoms with E-state index in [-0.39, 0.29) is 30.1 Å². The Balaban J connectivity index is 0.00000420. The Labute approximate surface area is 192 Å². The topological polar surface area (TPSA) is 78.4 Å². The molecule has 7 nitrogen and oxygen atoms in total. The predicted molar refractivity (Wildman–Crippen MR) is 129 cm³/mol. The lowest BCUT2D eigenvalue weighted by atomic mass is 10.1. The second-order valence-electron chi connectivity index (χ2n) is 7.66. The maximum Gasteiger partial charge on any atom is 0.191 e. The quantitative estimate of drug-likeness (QED) is 0.263. The van der Waals surface area contributed by atoms with Crippen LogP contribution in [-0.4, -0.2) is 80.2 Å². The van der Waals surface area contributed by atoms with E-state index in [0.29, 0.717) is 25.6 Å². The molecule has 166 valence electrons. The number of ether oxygens (including phenoxy) is 2. The third kappa shape index (κ3) is 9.97. The van der Waals surface area contributed by atoms with Gasteiger partial charge in [0.25, 0.3) is 0 Å². The summed E-state index contributed by atoms with van der Waals surface area (Å²) in [5.41, 5.74) is 0.234. The van der Waals surface area contributed by atoms with Gasteiger partial charge in [-0.1, -0.05) is 18.2 Å². The molecule has 0 radical (unpaired) electrons. The molecule has 0 amide bonds. The van der Waals surface area contributed by atoms with Crippen LogP contribution in [0.25, 0.3) is 0 Å². The molecule has 1 fully saturated rings. The maximum absolute atomic E-state index is 10.7. The molecular formula is C21H37IN4O3. The second kappa shape index (κ2) is 13.3. The number of guanidine groups is 1. The molecule has 1 saturated heterocycles. The van der Waals surface area contributed by atoms with Gasteiger partial charge in [0, 0.05) is 26.2 Å². The molecule has 2 atom stereocenters. The first kappa shape index (κ1) is 25.9. The summed E-state index contributed by atoms with van der Waals surface area (Å²) in [5.74, 6) is 1.58. The minimum atomic E-state index is -0.886. The van der Waals surface area contributed by atoms with E-state index in [1.807, 2.05) is 52.0 Å². The third-order valence-corrected chi connectivity index (χ3v) is 4.57. The minimum Gasteiger partial charge on any atom is -0.489 e. The van der Waals surface area contributed by atoms with Crippen molar-refractivity contribution in [3.05, 3.63) is 29.8 Å². The van der Waals surface area contributed by atoms with Crippen LogP contribution in [0.1, 0.15) is 26.3 Å². The van der Waals surface area contributed by atoms with E-state index >= 15 is 0 Å². The zero-order valence-corrected chi connectivity index (χ0v) is 20.4. The van der Waals surface area contributed by atoms with Gasteiger partial charge in [0.15, 0.2) is 5.96 Å². The molecule has 0 aromatic heterocycles. The molecule has 1 heterocycles. The van der Waals surface area contributed by atoms with Gasteiger partial charge in [-0.05, 0) is 39.3 Å². The summed E-state index contributed by atoms with van der Waals surface area (Å²) >= 11 is 0. The number of halogens is 1. The van der Waals surface area contributed by atoms with Crippen LogP contribution in [0.5, 0.6) is 5.75 Å². The van der Waals surface area contributed by atoms with Crippen LogP contribution in [0.4, 0.5) is 0 Å². The Morgan fingerprint density at radius 3 is 2.66 bits per heavy atom. The van der Waals surface area contributed by atoms with Gasteiger partial charge in [-0.25, -0.2) is 0 Å². The van der Waals surface area contributed by atoms with E-state index in [1.54, 1.807) is 0 Å². The Kier molecular flexibility index (Phi) is 11.9. The fraction of sp³-hybridized carbons (Fsp3) is 0.667. The van der Waals surface area contributed by atoms with Crippen molar-refractivity contribution < 1.29 is 14.6 Å². The van der Waals surface area contributed by atoms with Crippen molar-refractivity contribution in [2.24, 2.45) is 4.99 Å². The highest BCUT2D eigenvalue weighted by Gasteiger charge is 2.25. The average Bonchev–Trinajstić information content (AvgIpc) is 2.66. The van der Waals surface area contributed by atoms with Gasteiger partial charge in [0.1, 0.15) is 11.9 Å². The largest absolute Gasteiger partial charge is 0.489 e. The van der Waals surface area contributed by atoms with Crippen LogP contribution in [0.3, 0.4) is 0 Å². The fourth-order valence-corrected chi connectivity index (χ4v) is 3.07. The number of rotatable bonds is 9. The smallest absolute Gasteiger partial charge is 0.191 e. The van der Waals surface area contributed by atoms with Crippen LogP contribution in [-0.2, 0) is 4.74 Å². The van der Waals surface area contributed by atoms with Crippen LogP contribution in [0.2, 0.25) is 0 Å². The second-order valence-corrected chi connectivity index (χ2v) is 7.66. The Morgan fingerprint density at radius 1 is 1.31 bits per heavy atom. The highest BCUT2D eigenvalue weighted by molar-refractivity contribution is 14.0. The molecule has 1 aromatic carbocycles. The van der Waals surface area contributed by atoms with Crippen LogP contribution in [0.15, 0.2) is 29.3 Å². The van der Waals surface area contributed by atoms with Gasteiger partial charge in [-0.15, -0.1) is 24.0 Å². The van der Waals surface area contributed by atoms with Crippen molar-refractivity contribution in [3.8, 4) is 5.75 Å². The predicted octanol–water partition coefficient (Wildman–Crippen LogP) is 2.02. The molecule has 8 heteroatoms. The van der Waals surface area contributed by atoms with E-state index in [0.717, 1.165) is 44.2 Å². The van der Waals surface area contributed by atoms with Gasteiger partial charge < -0.3 is 25.2 Å². The minimum absolute atomic E-state index is 0. The highest BCUT2D eigenvalue weighted by Crippen LogP contribution is 2.17. The van der Waals surface area contributed by atoms with Crippen LogP contribution in [0, 0.1) is 6.92 Å². The van der Waals surface area contributed by atoms with Gasteiger partial charge >= 0.3 is 0 Å². The zero-order valence-electron chi connectivity index (χ0n) is 18.1. The molecule has 0 aliphatic carbocycles. The first-order valence-electron chi connectivity index (χ1n) is 10.2. The molecule has 29 heavy (non-hydrogen) atoms. The summed E-state index contributed by atoms with van der Waals surface area (Å²) in [6, 6.07) is 8.00. The number of morpholine rings is 1. The maximum atomic E-state index is 10.7. The number of para-hydroxylation sites is 1. The third-order valence-electron chi connectivity index (χ3n) is 4.57. The number of benzene rings is 1. The number of hydrogen-bond acceptors (Lipinski definition) is 5. The van der Waals surface area contributed by atoms with Gasteiger partial charge in [-0.2, -0.15) is 0 Å². The SMILES string of the molecule is CCNC(=NCC(C)(O)CN1CCOCC1)NCC(C)Oc1ccccc1C.I. The van der Waals surface area contributed by atoms with Crippen molar-refractivity contribution in [1.29, 1.82) is 0 Å². The summed E-state index contributed by atoms with van der Waals surface area (Å²) in [6.45, 7) is 13.4. The van der Waals surface area contributed by atoms with E-state index < -0.39 is 5.60 Å². The molecule has 1 aromatic rings. The lowest BCUT2D eigenvalue weighted by molar-refractivity contribution is -0.0180. The normalized spacial score (nSPS) is 18.3. The summed E-state index contributed by atoms with van der Waals surface area (Å²) < 4.78 is 11.4. The molecular weight excluding hydrogens is 483 g/mol.